The largest absolute Gasteiger partial charge is 0.394 e. The second kappa shape index (κ2) is 6.60. The molecule has 1 aliphatic heterocycles. The lowest BCUT2D eigenvalue weighted by Crippen LogP contribution is -2.51. The molecule has 0 saturated carbocycles. The first kappa shape index (κ1) is 16.7. The van der Waals surface area contributed by atoms with E-state index in [-0.39, 0.29) is 24.1 Å². The Morgan fingerprint density at radius 2 is 2.05 bits per heavy atom. The number of aromatic nitrogens is 2. The molecular weight excluding hydrogens is 280 g/mol. The number of aliphatic hydroxyl groups is 1. The summed E-state index contributed by atoms with van der Waals surface area (Å²) in [4.78, 5) is 22.7. The van der Waals surface area contributed by atoms with Crippen molar-refractivity contribution >= 4 is 11.7 Å². The van der Waals surface area contributed by atoms with Crippen LogP contribution in [-0.4, -0.2) is 45.2 Å². The molecule has 6 heteroatoms. The lowest BCUT2D eigenvalue weighted by atomic mass is 9.91. The van der Waals surface area contributed by atoms with Crippen molar-refractivity contribution in [3.05, 3.63) is 18.2 Å². The van der Waals surface area contributed by atoms with Gasteiger partial charge in [0.05, 0.1) is 30.7 Å². The molecule has 0 spiro atoms. The van der Waals surface area contributed by atoms with Crippen LogP contribution in [0, 0.1) is 5.92 Å². The van der Waals surface area contributed by atoms with Crippen molar-refractivity contribution in [2.45, 2.75) is 52.0 Å². The minimum atomic E-state index is -0.197. The third-order valence-corrected chi connectivity index (χ3v) is 4.14. The minimum absolute atomic E-state index is 0.00590. The number of carbonyl (C=O) groups excluding carboxylic acids is 1. The molecule has 1 aliphatic rings. The number of aliphatic hydroxyl groups excluding tert-OH is 1. The maximum absolute atomic E-state index is 12.4. The fraction of sp³-hybridized carbons (Fsp3) is 0.688. The van der Waals surface area contributed by atoms with Crippen LogP contribution in [0.25, 0.3) is 0 Å². The Morgan fingerprint density at radius 3 is 2.59 bits per heavy atom. The summed E-state index contributed by atoms with van der Waals surface area (Å²) in [6, 6.07) is -0.318. The predicted molar refractivity (Wildman–Crippen MR) is 85.7 cm³/mol. The second-order valence-corrected chi connectivity index (χ2v) is 7.04. The Hall–Kier alpha value is -1.69. The lowest BCUT2D eigenvalue weighted by molar-refractivity contribution is 0.0811. The summed E-state index contributed by atoms with van der Waals surface area (Å²) in [5.41, 5.74) is 0.459. The van der Waals surface area contributed by atoms with Gasteiger partial charge in [0.1, 0.15) is 5.82 Å². The molecule has 2 rings (SSSR count). The van der Waals surface area contributed by atoms with Crippen molar-refractivity contribution in [1.29, 1.82) is 0 Å². The average Bonchev–Trinajstić information content (AvgIpc) is 2.46. The fourth-order valence-corrected chi connectivity index (χ4v) is 2.75. The van der Waals surface area contributed by atoms with Crippen LogP contribution in [0.15, 0.2) is 12.4 Å². The van der Waals surface area contributed by atoms with E-state index in [2.05, 4.69) is 22.2 Å². The van der Waals surface area contributed by atoms with E-state index < -0.39 is 0 Å². The quantitative estimate of drug-likeness (QED) is 0.879. The van der Waals surface area contributed by atoms with E-state index in [1.54, 1.807) is 17.3 Å². The van der Waals surface area contributed by atoms with Gasteiger partial charge in [0.15, 0.2) is 0 Å². The van der Waals surface area contributed by atoms with Gasteiger partial charge in [-0.2, -0.15) is 0 Å². The normalized spacial score (nSPS) is 22.5. The van der Waals surface area contributed by atoms with E-state index in [9.17, 15) is 9.90 Å². The molecule has 1 aromatic rings. The first-order valence-corrected chi connectivity index (χ1v) is 7.84. The lowest BCUT2D eigenvalue weighted by Gasteiger charge is -2.38. The van der Waals surface area contributed by atoms with Crippen LogP contribution >= 0.6 is 0 Å². The Morgan fingerprint density at radius 1 is 1.41 bits per heavy atom. The van der Waals surface area contributed by atoms with E-state index >= 15 is 0 Å². The maximum atomic E-state index is 12.4. The number of rotatable bonds is 2. The summed E-state index contributed by atoms with van der Waals surface area (Å²) in [5, 5.41) is 12.4. The van der Waals surface area contributed by atoms with Crippen LogP contribution in [0.1, 0.15) is 46.4 Å². The van der Waals surface area contributed by atoms with Crippen LogP contribution in [0.4, 0.5) is 10.5 Å². The van der Waals surface area contributed by atoms with Gasteiger partial charge in [-0.25, -0.2) is 14.8 Å². The molecule has 0 radical (unpaired) electrons. The first-order valence-electron chi connectivity index (χ1n) is 7.84. The molecule has 1 fully saturated rings. The number of nitrogens with one attached hydrogen (secondary N) is 1. The number of nitrogens with zero attached hydrogens (tertiary/aromatic N) is 3. The fourth-order valence-electron chi connectivity index (χ4n) is 2.75. The Labute approximate surface area is 132 Å². The van der Waals surface area contributed by atoms with Crippen molar-refractivity contribution in [1.82, 2.24) is 14.9 Å². The highest BCUT2D eigenvalue weighted by Crippen LogP contribution is 2.24. The number of hydrogen-bond acceptors (Lipinski definition) is 4. The van der Waals surface area contributed by atoms with Gasteiger partial charge in [-0.3, -0.25) is 0 Å². The van der Waals surface area contributed by atoms with Crippen molar-refractivity contribution in [3.63, 3.8) is 0 Å². The van der Waals surface area contributed by atoms with Gasteiger partial charge in [0.2, 0.25) is 0 Å². The van der Waals surface area contributed by atoms with E-state index in [0.29, 0.717) is 18.2 Å². The highest BCUT2D eigenvalue weighted by Gasteiger charge is 2.31. The van der Waals surface area contributed by atoms with Crippen molar-refractivity contribution in [2.24, 2.45) is 5.92 Å². The molecule has 1 saturated heterocycles. The van der Waals surface area contributed by atoms with Crippen molar-refractivity contribution < 1.29 is 9.90 Å². The molecule has 1 aromatic heterocycles. The number of urea groups is 1. The van der Waals surface area contributed by atoms with Crippen LogP contribution in [0.5, 0.6) is 0 Å². The Bertz CT molecular complexity index is 510. The smallest absolute Gasteiger partial charge is 0.322 e. The molecule has 22 heavy (non-hydrogen) atoms. The summed E-state index contributed by atoms with van der Waals surface area (Å²) in [7, 11) is 0. The molecule has 122 valence electrons. The number of piperidine rings is 1. The third-order valence-electron chi connectivity index (χ3n) is 4.14. The number of likely N-dealkylation sites (tertiary alicyclic amines) is 1. The second-order valence-electron chi connectivity index (χ2n) is 7.04. The SMILES string of the molecule is CC1CCCN(C(=O)Nc2cnc(C(C)(C)C)nc2)C1CO. The summed E-state index contributed by atoms with van der Waals surface area (Å²) < 4.78 is 0. The van der Waals surface area contributed by atoms with Gasteiger partial charge in [-0.15, -0.1) is 0 Å². The predicted octanol–water partition coefficient (Wildman–Crippen LogP) is 2.40. The molecule has 2 atom stereocenters. The number of carbonyl (C=O) groups is 1. The summed E-state index contributed by atoms with van der Waals surface area (Å²) in [6.07, 6.45) is 5.27. The van der Waals surface area contributed by atoms with Gasteiger partial charge >= 0.3 is 6.03 Å². The molecule has 0 aliphatic carbocycles. The van der Waals surface area contributed by atoms with Crippen LogP contribution in [0.2, 0.25) is 0 Å². The van der Waals surface area contributed by atoms with Crippen LogP contribution in [0.3, 0.4) is 0 Å². The standard InChI is InChI=1S/C16H26N4O2/c1-11-6-5-7-20(13(11)10-21)15(22)19-12-8-17-14(18-9-12)16(2,3)4/h8-9,11,13,21H,5-7,10H2,1-4H3,(H,19,22). The van der Waals surface area contributed by atoms with Crippen LogP contribution < -0.4 is 5.32 Å². The van der Waals surface area contributed by atoms with Gasteiger partial charge in [0, 0.05) is 12.0 Å². The molecule has 0 aromatic carbocycles. The van der Waals surface area contributed by atoms with E-state index in [1.807, 2.05) is 20.8 Å². The average molecular weight is 306 g/mol. The van der Waals surface area contributed by atoms with Gasteiger partial charge in [0.25, 0.3) is 0 Å². The summed E-state index contributed by atoms with van der Waals surface area (Å²) >= 11 is 0. The number of amides is 2. The zero-order valence-corrected chi connectivity index (χ0v) is 13.8. The van der Waals surface area contributed by atoms with Gasteiger partial charge in [-0.05, 0) is 18.8 Å². The van der Waals surface area contributed by atoms with Crippen molar-refractivity contribution in [2.75, 3.05) is 18.5 Å². The van der Waals surface area contributed by atoms with E-state index in [0.717, 1.165) is 18.7 Å². The van der Waals surface area contributed by atoms with Crippen molar-refractivity contribution in [3.8, 4) is 0 Å². The summed E-state index contributed by atoms with van der Waals surface area (Å²) in [6.45, 7) is 8.86. The molecule has 2 unspecified atom stereocenters. The Balaban J connectivity index is 2.05. The Kier molecular flexibility index (Phi) is 5.01. The number of anilines is 1. The van der Waals surface area contributed by atoms with E-state index in [4.69, 9.17) is 0 Å². The molecule has 2 N–H and O–H groups in total. The topological polar surface area (TPSA) is 78.4 Å². The molecular formula is C16H26N4O2. The zero-order valence-electron chi connectivity index (χ0n) is 13.8. The highest BCUT2D eigenvalue weighted by molar-refractivity contribution is 5.89. The molecule has 0 bridgehead atoms. The maximum Gasteiger partial charge on any atom is 0.322 e. The molecule has 2 amide bonds. The monoisotopic (exact) mass is 306 g/mol. The third kappa shape index (κ3) is 3.74. The summed E-state index contributed by atoms with van der Waals surface area (Å²) in [5.74, 6) is 1.05. The van der Waals surface area contributed by atoms with Crippen LogP contribution in [-0.2, 0) is 5.41 Å². The molecule has 6 nitrogen and oxygen atoms in total. The number of hydrogen-bond donors (Lipinski definition) is 2. The zero-order chi connectivity index (χ0) is 16.3. The van der Waals surface area contributed by atoms with E-state index in [1.165, 1.54) is 0 Å². The van der Waals surface area contributed by atoms with Gasteiger partial charge < -0.3 is 15.3 Å². The molecule has 2 heterocycles. The highest BCUT2D eigenvalue weighted by atomic mass is 16.3. The minimum Gasteiger partial charge on any atom is -0.394 e. The van der Waals surface area contributed by atoms with Gasteiger partial charge in [-0.1, -0.05) is 27.7 Å². The first-order chi connectivity index (χ1) is 10.3.